The van der Waals surface area contributed by atoms with Crippen molar-refractivity contribution in [2.75, 3.05) is 61.2 Å². The molecule has 1 unspecified atom stereocenters. The molecule has 0 aliphatic carbocycles. The minimum absolute atomic E-state index is 0.0668. The molecule has 55 heavy (non-hydrogen) atoms. The maximum atomic E-state index is 12.8. The summed E-state index contributed by atoms with van der Waals surface area (Å²) >= 11 is 0. The minimum Gasteiger partial charge on any atom is -0.493 e. The molecule has 0 spiro atoms. The molecule has 0 aliphatic heterocycles. The van der Waals surface area contributed by atoms with E-state index in [1.54, 1.807) is 44.6 Å². The van der Waals surface area contributed by atoms with Crippen molar-refractivity contribution >= 4 is 11.8 Å². The first-order valence-corrected chi connectivity index (χ1v) is 18.7. The van der Waals surface area contributed by atoms with Crippen LogP contribution in [0.15, 0.2) is 84.9 Å². The van der Waals surface area contributed by atoms with Gasteiger partial charge in [0.25, 0.3) is 11.8 Å². The Hall–Kier alpha value is -5.10. The number of methoxy groups -OCH3 is 2. The van der Waals surface area contributed by atoms with Gasteiger partial charge in [-0.3, -0.25) is 9.59 Å². The molecule has 0 bridgehead atoms. The second-order valence-corrected chi connectivity index (χ2v) is 14.2. The number of amides is 2. The van der Waals surface area contributed by atoms with Crippen LogP contribution in [-0.4, -0.2) is 88.1 Å². The van der Waals surface area contributed by atoms with Gasteiger partial charge in [0.15, 0.2) is 24.7 Å². The van der Waals surface area contributed by atoms with Gasteiger partial charge in [-0.05, 0) is 123 Å². The second-order valence-electron chi connectivity index (χ2n) is 14.2. The second kappa shape index (κ2) is 21.7. The molecule has 2 amide bonds. The zero-order valence-corrected chi connectivity index (χ0v) is 33.0. The fraction of sp³-hybridized carbons (Fsp3) is 0.409. The summed E-state index contributed by atoms with van der Waals surface area (Å²) in [6.07, 6.45) is 1.06. The van der Waals surface area contributed by atoms with Crippen LogP contribution >= 0.6 is 0 Å². The van der Waals surface area contributed by atoms with Gasteiger partial charge in [0.1, 0.15) is 11.5 Å². The van der Waals surface area contributed by atoms with Gasteiger partial charge in [-0.15, -0.1) is 0 Å². The molecule has 4 aromatic carbocycles. The number of nitrogens with zero attached hydrogens (tertiary/aromatic N) is 1. The summed E-state index contributed by atoms with van der Waals surface area (Å²) < 4.78 is 22.2. The van der Waals surface area contributed by atoms with Gasteiger partial charge < -0.3 is 44.7 Å². The van der Waals surface area contributed by atoms with Crippen molar-refractivity contribution in [1.29, 1.82) is 0 Å². The standard InChI is InChI=1S/C44H57N3O8/c1-30-13-14-32(21-31(30)2)15-18-39(48)35-9-7-11-37(23-35)54-28-43(50)45-25-34(27-47(3)4)26-46-44(51)29-55-38-12-8-10-36(24-38)40(49)19-16-33-17-20-41(52-5)42(22-33)53-6/h7-14,17,20-24,34,39-40,48-49H,15-16,18-19,25-29H2,1-6H3,(H,45,50)(H,46,51)/t34?,39-,40-/m1/s1. The van der Waals surface area contributed by atoms with Crippen LogP contribution in [0.4, 0.5) is 0 Å². The quantitative estimate of drug-likeness (QED) is 0.0817. The summed E-state index contributed by atoms with van der Waals surface area (Å²) in [5.41, 5.74) is 6.11. The van der Waals surface area contributed by atoms with Crippen LogP contribution in [0.25, 0.3) is 0 Å². The molecule has 3 atom stereocenters. The molecule has 296 valence electrons. The lowest BCUT2D eigenvalue weighted by Crippen LogP contribution is -2.43. The van der Waals surface area contributed by atoms with E-state index >= 15 is 0 Å². The Balaban J connectivity index is 1.18. The first-order valence-electron chi connectivity index (χ1n) is 18.7. The van der Waals surface area contributed by atoms with Crippen molar-refractivity contribution in [3.63, 3.8) is 0 Å². The van der Waals surface area contributed by atoms with Crippen LogP contribution < -0.4 is 29.6 Å². The van der Waals surface area contributed by atoms with Crippen molar-refractivity contribution in [1.82, 2.24) is 15.5 Å². The largest absolute Gasteiger partial charge is 0.493 e. The molecular formula is C44H57N3O8. The number of rotatable bonds is 22. The monoisotopic (exact) mass is 755 g/mol. The fourth-order valence-electron chi connectivity index (χ4n) is 6.19. The Kier molecular flexibility index (Phi) is 16.8. The number of aliphatic hydroxyl groups is 2. The van der Waals surface area contributed by atoms with Gasteiger partial charge in [0.05, 0.1) is 26.4 Å². The lowest BCUT2D eigenvalue weighted by Gasteiger charge is -2.22. The summed E-state index contributed by atoms with van der Waals surface area (Å²) in [6, 6.07) is 26.4. The number of carbonyl (C=O) groups excluding carboxylic acids is 2. The fourth-order valence-corrected chi connectivity index (χ4v) is 6.19. The molecule has 4 N–H and O–H groups in total. The lowest BCUT2D eigenvalue weighted by molar-refractivity contribution is -0.123. The molecule has 0 saturated heterocycles. The highest BCUT2D eigenvalue weighted by Gasteiger charge is 2.16. The van der Waals surface area contributed by atoms with E-state index in [0.29, 0.717) is 67.5 Å². The normalized spacial score (nSPS) is 12.7. The van der Waals surface area contributed by atoms with Crippen molar-refractivity contribution < 1.29 is 38.7 Å². The SMILES string of the molecule is COc1ccc(CC[C@@H](O)c2cccc(OCC(=O)NCC(CNC(=O)COc3cccc([C@H](O)CCc4ccc(C)c(C)c4)c3)CN(C)C)c2)cc1OC. The highest BCUT2D eigenvalue weighted by atomic mass is 16.5. The number of aliphatic hydroxyl groups excluding tert-OH is 2. The summed E-state index contributed by atoms with van der Waals surface area (Å²) in [6.45, 7) is 5.10. The van der Waals surface area contributed by atoms with E-state index in [2.05, 4.69) is 42.7 Å². The Bertz CT molecular complexity index is 1830. The predicted molar refractivity (Wildman–Crippen MR) is 214 cm³/mol. The number of hydrogen-bond donors (Lipinski definition) is 4. The van der Waals surface area contributed by atoms with E-state index in [1.165, 1.54) is 16.7 Å². The van der Waals surface area contributed by atoms with E-state index in [4.69, 9.17) is 18.9 Å². The van der Waals surface area contributed by atoms with Crippen LogP contribution in [0.2, 0.25) is 0 Å². The molecule has 4 aromatic rings. The molecule has 4 rings (SSSR count). The summed E-state index contributed by atoms with van der Waals surface area (Å²) in [4.78, 5) is 27.5. The summed E-state index contributed by atoms with van der Waals surface area (Å²) in [7, 11) is 7.05. The average molecular weight is 756 g/mol. The number of benzene rings is 4. The first kappa shape index (κ1) is 42.6. The van der Waals surface area contributed by atoms with Crippen molar-refractivity contribution in [2.45, 2.75) is 51.7 Å². The average Bonchev–Trinajstić information content (AvgIpc) is 3.19. The van der Waals surface area contributed by atoms with Gasteiger partial charge in [0.2, 0.25) is 0 Å². The van der Waals surface area contributed by atoms with E-state index in [-0.39, 0.29) is 30.9 Å². The lowest BCUT2D eigenvalue weighted by atomic mass is 9.99. The number of hydrogen-bond acceptors (Lipinski definition) is 9. The van der Waals surface area contributed by atoms with E-state index in [9.17, 15) is 19.8 Å². The number of ether oxygens (including phenoxy) is 4. The molecular weight excluding hydrogens is 698 g/mol. The number of nitrogens with one attached hydrogen (secondary N) is 2. The molecule has 0 fully saturated rings. The van der Waals surface area contributed by atoms with Gasteiger partial charge in [-0.25, -0.2) is 0 Å². The first-order chi connectivity index (χ1) is 26.4. The third kappa shape index (κ3) is 14.2. The zero-order chi connectivity index (χ0) is 39.7. The molecule has 0 saturated carbocycles. The van der Waals surface area contributed by atoms with Crippen LogP contribution in [0, 0.1) is 19.8 Å². The highest BCUT2D eigenvalue weighted by molar-refractivity contribution is 5.78. The minimum atomic E-state index is -0.722. The van der Waals surface area contributed by atoms with E-state index < -0.39 is 12.2 Å². The van der Waals surface area contributed by atoms with Crippen LogP contribution in [0.5, 0.6) is 23.0 Å². The van der Waals surface area contributed by atoms with Crippen LogP contribution in [-0.2, 0) is 22.4 Å². The van der Waals surface area contributed by atoms with Crippen molar-refractivity contribution in [2.24, 2.45) is 5.92 Å². The van der Waals surface area contributed by atoms with E-state index in [0.717, 1.165) is 17.5 Å². The number of aryl methyl sites for hydroxylation is 4. The predicted octanol–water partition coefficient (Wildman–Crippen LogP) is 5.52. The molecule has 0 radical (unpaired) electrons. The van der Waals surface area contributed by atoms with Gasteiger partial charge >= 0.3 is 0 Å². The maximum Gasteiger partial charge on any atom is 0.257 e. The van der Waals surface area contributed by atoms with Gasteiger partial charge in [0, 0.05) is 25.6 Å². The third-order valence-electron chi connectivity index (χ3n) is 9.46. The van der Waals surface area contributed by atoms with Gasteiger partial charge in [-0.2, -0.15) is 0 Å². The summed E-state index contributed by atoms with van der Waals surface area (Å²) in [5.74, 6) is 1.62. The smallest absolute Gasteiger partial charge is 0.257 e. The molecule has 0 aliphatic rings. The Morgan fingerprint density at radius 1 is 0.655 bits per heavy atom. The third-order valence-corrected chi connectivity index (χ3v) is 9.46. The van der Waals surface area contributed by atoms with E-state index in [1.807, 2.05) is 55.4 Å². The molecule has 0 heterocycles. The summed E-state index contributed by atoms with van der Waals surface area (Å²) in [5, 5.41) is 27.5. The maximum absolute atomic E-state index is 12.8. The molecule has 0 aromatic heterocycles. The topological polar surface area (TPSA) is 139 Å². The van der Waals surface area contributed by atoms with Gasteiger partial charge in [-0.1, -0.05) is 48.5 Å². The Morgan fingerprint density at radius 2 is 1.16 bits per heavy atom. The highest BCUT2D eigenvalue weighted by Crippen LogP contribution is 2.30. The zero-order valence-electron chi connectivity index (χ0n) is 33.0. The number of carbonyl (C=O) groups is 2. The van der Waals surface area contributed by atoms with Crippen LogP contribution in [0.1, 0.15) is 58.4 Å². The Morgan fingerprint density at radius 3 is 1.65 bits per heavy atom. The Labute approximate surface area is 325 Å². The molecule has 11 nitrogen and oxygen atoms in total. The van der Waals surface area contributed by atoms with Crippen molar-refractivity contribution in [3.8, 4) is 23.0 Å². The van der Waals surface area contributed by atoms with Crippen molar-refractivity contribution in [3.05, 3.63) is 118 Å². The van der Waals surface area contributed by atoms with Crippen LogP contribution in [0.3, 0.4) is 0 Å². The molecule has 11 heteroatoms.